The van der Waals surface area contributed by atoms with Crippen LogP contribution in [-0.2, 0) is 16.6 Å². The average Bonchev–Trinajstić information content (AvgIpc) is 2.86. The average molecular weight is 342 g/mol. The lowest BCUT2D eigenvalue weighted by Crippen LogP contribution is -2.23. The van der Waals surface area contributed by atoms with E-state index in [1.807, 2.05) is 0 Å². The van der Waals surface area contributed by atoms with Crippen molar-refractivity contribution in [2.45, 2.75) is 30.8 Å². The summed E-state index contributed by atoms with van der Waals surface area (Å²) in [5.74, 6) is 0.467. The monoisotopic (exact) mass is 341 g/mol. The van der Waals surface area contributed by atoms with Gasteiger partial charge in [-0.25, -0.2) is 0 Å². The van der Waals surface area contributed by atoms with Crippen LogP contribution in [-0.4, -0.2) is 23.3 Å². The second-order valence-corrected chi connectivity index (χ2v) is 7.45. The van der Waals surface area contributed by atoms with Crippen molar-refractivity contribution in [1.82, 2.24) is 9.78 Å². The number of benzene rings is 1. The second kappa shape index (κ2) is 5.81. The van der Waals surface area contributed by atoms with E-state index < -0.39 is 10.0 Å². The lowest BCUT2D eigenvalue weighted by Gasteiger charge is -2.25. The van der Waals surface area contributed by atoms with Crippen molar-refractivity contribution >= 4 is 27.3 Å². The van der Waals surface area contributed by atoms with Gasteiger partial charge in [0.1, 0.15) is 5.75 Å². The van der Waals surface area contributed by atoms with Crippen LogP contribution in [0.4, 0.5) is 5.69 Å². The third kappa shape index (κ3) is 3.05. The van der Waals surface area contributed by atoms with E-state index in [0.29, 0.717) is 12.5 Å². The van der Waals surface area contributed by atoms with Gasteiger partial charge in [0.25, 0.3) is 10.0 Å². The molecule has 2 aromatic rings. The largest absolute Gasteiger partial charge is 0.508 e. The molecule has 0 atom stereocenters. The molecule has 0 saturated heterocycles. The number of hydrogen-bond acceptors (Lipinski definition) is 4. The predicted octanol–water partition coefficient (Wildman–Crippen LogP) is 2.84. The van der Waals surface area contributed by atoms with Crippen LogP contribution >= 0.6 is 11.6 Å². The first-order valence-electron chi connectivity index (χ1n) is 6.99. The summed E-state index contributed by atoms with van der Waals surface area (Å²) < 4.78 is 29.0. The fourth-order valence-corrected chi connectivity index (χ4v) is 3.88. The molecular formula is C14H16ClN3O3S. The van der Waals surface area contributed by atoms with Gasteiger partial charge >= 0.3 is 0 Å². The number of anilines is 1. The van der Waals surface area contributed by atoms with E-state index in [1.165, 1.54) is 41.6 Å². The Kier molecular flexibility index (Phi) is 4.01. The number of hydrogen-bond donors (Lipinski definition) is 2. The topological polar surface area (TPSA) is 84.2 Å². The normalized spacial score (nSPS) is 15.5. The summed E-state index contributed by atoms with van der Waals surface area (Å²) in [7, 11) is -3.78. The molecule has 22 heavy (non-hydrogen) atoms. The Balaban J connectivity index is 1.85. The Labute approximate surface area is 133 Å². The van der Waals surface area contributed by atoms with Crippen molar-refractivity contribution in [1.29, 1.82) is 0 Å². The molecule has 6 nitrogen and oxygen atoms in total. The van der Waals surface area contributed by atoms with Crippen molar-refractivity contribution in [2.24, 2.45) is 5.92 Å². The van der Waals surface area contributed by atoms with Crippen LogP contribution in [0.25, 0.3) is 0 Å². The van der Waals surface area contributed by atoms with Gasteiger partial charge in [0, 0.05) is 12.6 Å². The van der Waals surface area contributed by atoms with E-state index in [1.54, 1.807) is 0 Å². The fourth-order valence-electron chi connectivity index (χ4n) is 2.39. The first kappa shape index (κ1) is 15.2. The van der Waals surface area contributed by atoms with Crippen LogP contribution in [0.1, 0.15) is 19.3 Å². The smallest absolute Gasteiger partial charge is 0.279 e. The van der Waals surface area contributed by atoms with Gasteiger partial charge in [-0.3, -0.25) is 9.40 Å². The van der Waals surface area contributed by atoms with Crippen LogP contribution in [0.15, 0.2) is 35.5 Å². The summed E-state index contributed by atoms with van der Waals surface area (Å²) >= 11 is 5.94. The van der Waals surface area contributed by atoms with E-state index in [-0.39, 0.29) is 21.5 Å². The first-order valence-corrected chi connectivity index (χ1v) is 8.85. The van der Waals surface area contributed by atoms with Gasteiger partial charge in [-0.05, 0) is 37.0 Å². The molecule has 1 fully saturated rings. The number of aromatic nitrogens is 2. The van der Waals surface area contributed by atoms with E-state index in [4.69, 9.17) is 11.6 Å². The fraction of sp³-hybridized carbons (Fsp3) is 0.357. The summed E-state index contributed by atoms with van der Waals surface area (Å²) in [6, 6.07) is 5.54. The zero-order valence-corrected chi connectivity index (χ0v) is 13.3. The number of halogens is 1. The van der Waals surface area contributed by atoms with Crippen LogP contribution in [0.5, 0.6) is 5.75 Å². The van der Waals surface area contributed by atoms with Gasteiger partial charge in [-0.2, -0.15) is 13.5 Å². The second-order valence-electron chi connectivity index (χ2n) is 5.42. The number of phenols is 1. The van der Waals surface area contributed by atoms with Crippen LogP contribution < -0.4 is 4.72 Å². The Hall–Kier alpha value is -1.73. The van der Waals surface area contributed by atoms with Gasteiger partial charge in [0.05, 0.1) is 16.9 Å². The van der Waals surface area contributed by atoms with E-state index in [0.717, 1.165) is 12.8 Å². The highest BCUT2D eigenvalue weighted by molar-refractivity contribution is 7.92. The molecule has 1 saturated carbocycles. The van der Waals surface area contributed by atoms with Crippen molar-refractivity contribution in [3.8, 4) is 5.75 Å². The Bertz CT molecular complexity index is 784. The highest BCUT2D eigenvalue weighted by Gasteiger charge is 2.24. The van der Waals surface area contributed by atoms with Crippen molar-refractivity contribution < 1.29 is 13.5 Å². The van der Waals surface area contributed by atoms with E-state index in [9.17, 15) is 13.5 Å². The molecule has 0 spiro atoms. The first-order chi connectivity index (χ1) is 10.5. The molecule has 1 aromatic heterocycles. The van der Waals surface area contributed by atoms with Gasteiger partial charge in [0.15, 0.2) is 5.03 Å². The third-order valence-electron chi connectivity index (χ3n) is 3.81. The molecular weight excluding hydrogens is 326 g/mol. The lowest BCUT2D eigenvalue weighted by molar-refractivity contribution is 0.258. The number of aromatic hydroxyl groups is 1. The summed E-state index contributed by atoms with van der Waals surface area (Å²) in [6.45, 7) is 0.604. The van der Waals surface area contributed by atoms with Crippen molar-refractivity contribution in [3.63, 3.8) is 0 Å². The zero-order valence-electron chi connectivity index (χ0n) is 11.7. The molecule has 8 heteroatoms. The molecule has 1 aliphatic carbocycles. The molecule has 1 aromatic carbocycles. The van der Waals surface area contributed by atoms with Gasteiger partial charge in [-0.15, -0.1) is 0 Å². The highest BCUT2D eigenvalue weighted by atomic mass is 35.5. The molecule has 0 radical (unpaired) electrons. The van der Waals surface area contributed by atoms with Crippen LogP contribution in [0, 0.1) is 5.92 Å². The van der Waals surface area contributed by atoms with E-state index >= 15 is 0 Å². The minimum absolute atomic E-state index is 0.0250. The molecule has 0 unspecified atom stereocenters. The summed E-state index contributed by atoms with van der Waals surface area (Å²) in [4.78, 5) is 0. The highest BCUT2D eigenvalue weighted by Crippen LogP contribution is 2.30. The lowest BCUT2D eigenvalue weighted by atomic mass is 9.85. The summed E-state index contributed by atoms with van der Waals surface area (Å²) in [5, 5.41) is 13.7. The number of phenolic OH excluding ortho intramolecular Hbond substituents is 1. The van der Waals surface area contributed by atoms with Gasteiger partial charge in [0.2, 0.25) is 0 Å². The minimum atomic E-state index is -3.78. The number of rotatable bonds is 5. The molecule has 0 amide bonds. The number of nitrogens with one attached hydrogen (secondary N) is 1. The molecule has 118 valence electrons. The standard InChI is InChI=1S/C14H16ClN3O3S/c15-12-8-11(19)4-5-13(12)17-22(20,21)14-6-7-16-18(14)9-10-2-1-3-10/h4-8,10,17,19H,1-3,9H2. The van der Waals surface area contributed by atoms with Crippen LogP contribution in [0.3, 0.4) is 0 Å². The number of sulfonamides is 1. The maximum absolute atomic E-state index is 12.5. The number of nitrogens with zero attached hydrogens (tertiary/aromatic N) is 2. The Morgan fingerprint density at radius 2 is 2.14 bits per heavy atom. The van der Waals surface area contributed by atoms with E-state index in [2.05, 4.69) is 9.82 Å². The Morgan fingerprint density at radius 1 is 1.36 bits per heavy atom. The van der Waals surface area contributed by atoms with Gasteiger partial charge < -0.3 is 5.11 Å². The molecule has 0 aliphatic heterocycles. The minimum Gasteiger partial charge on any atom is -0.508 e. The summed E-state index contributed by atoms with van der Waals surface area (Å²) in [5.41, 5.74) is 0.218. The quantitative estimate of drug-likeness (QED) is 0.819. The zero-order chi connectivity index (χ0) is 15.7. The molecule has 2 N–H and O–H groups in total. The van der Waals surface area contributed by atoms with Gasteiger partial charge in [-0.1, -0.05) is 18.0 Å². The molecule has 0 bridgehead atoms. The maximum Gasteiger partial charge on any atom is 0.279 e. The summed E-state index contributed by atoms with van der Waals surface area (Å²) in [6.07, 6.45) is 4.88. The Morgan fingerprint density at radius 3 is 2.77 bits per heavy atom. The predicted molar refractivity (Wildman–Crippen MR) is 83.5 cm³/mol. The van der Waals surface area contributed by atoms with Crippen molar-refractivity contribution in [2.75, 3.05) is 4.72 Å². The third-order valence-corrected chi connectivity index (χ3v) is 5.50. The molecule has 1 heterocycles. The van der Waals surface area contributed by atoms with Crippen molar-refractivity contribution in [3.05, 3.63) is 35.5 Å². The molecule has 3 rings (SSSR count). The molecule has 1 aliphatic rings. The van der Waals surface area contributed by atoms with Crippen LogP contribution in [0.2, 0.25) is 5.02 Å². The SMILES string of the molecule is O=S(=O)(Nc1ccc(O)cc1Cl)c1ccnn1CC1CCC1. The maximum atomic E-state index is 12.5.